The molecule has 0 radical (unpaired) electrons. The van der Waals surface area contributed by atoms with Crippen molar-refractivity contribution in [1.82, 2.24) is 5.32 Å². The number of fused-ring (bicyclic) bond motifs is 1. The monoisotopic (exact) mass is 319 g/mol. The van der Waals surface area contributed by atoms with Crippen LogP contribution in [0.1, 0.15) is 33.9 Å². The number of ether oxygens (including phenoxy) is 1. The minimum absolute atomic E-state index is 0.236. The van der Waals surface area contributed by atoms with Crippen molar-refractivity contribution in [1.29, 1.82) is 0 Å². The predicted molar refractivity (Wildman–Crippen MR) is 82.9 cm³/mol. The van der Waals surface area contributed by atoms with E-state index in [1.165, 1.54) is 13.2 Å². The number of rotatable bonds is 3. The molecule has 0 saturated carbocycles. The van der Waals surface area contributed by atoms with Crippen LogP contribution in [0.4, 0.5) is 4.39 Å². The van der Waals surface area contributed by atoms with Crippen molar-refractivity contribution < 1.29 is 13.9 Å². The minimum Gasteiger partial charge on any atom is -0.496 e. The van der Waals surface area contributed by atoms with Gasteiger partial charge in [-0.15, -0.1) is 0 Å². The first kappa shape index (κ1) is 14.9. The molecule has 1 aliphatic carbocycles. The maximum Gasteiger partial charge on any atom is 0.255 e. The molecule has 0 aliphatic heterocycles. The number of para-hydroxylation sites is 1. The second-order valence-electron chi connectivity index (χ2n) is 5.22. The van der Waals surface area contributed by atoms with Crippen LogP contribution in [-0.2, 0) is 6.42 Å². The van der Waals surface area contributed by atoms with Crippen LogP contribution >= 0.6 is 11.6 Å². The van der Waals surface area contributed by atoms with Gasteiger partial charge in [0.2, 0.25) is 0 Å². The van der Waals surface area contributed by atoms with Crippen LogP contribution in [-0.4, -0.2) is 13.0 Å². The molecule has 0 spiro atoms. The van der Waals surface area contributed by atoms with Crippen LogP contribution in [0.15, 0.2) is 36.4 Å². The summed E-state index contributed by atoms with van der Waals surface area (Å²) in [6.45, 7) is 0. The van der Waals surface area contributed by atoms with Crippen molar-refractivity contribution in [2.24, 2.45) is 0 Å². The Morgan fingerprint density at radius 1 is 1.36 bits per heavy atom. The Kier molecular flexibility index (Phi) is 4.03. The molecule has 0 bridgehead atoms. The summed E-state index contributed by atoms with van der Waals surface area (Å²) in [4.78, 5) is 12.4. The van der Waals surface area contributed by atoms with Crippen LogP contribution in [0, 0.1) is 5.82 Å². The fourth-order valence-corrected chi connectivity index (χ4v) is 3.07. The van der Waals surface area contributed by atoms with Gasteiger partial charge in [0.15, 0.2) is 0 Å². The minimum atomic E-state index is -0.309. The largest absolute Gasteiger partial charge is 0.496 e. The molecule has 1 N–H and O–H groups in total. The lowest BCUT2D eigenvalue weighted by Gasteiger charge is -2.16. The lowest BCUT2D eigenvalue weighted by Crippen LogP contribution is -2.27. The average molecular weight is 320 g/mol. The molecule has 114 valence electrons. The normalized spacial score (nSPS) is 16.2. The van der Waals surface area contributed by atoms with E-state index in [0.29, 0.717) is 34.7 Å². The van der Waals surface area contributed by atoms with Crippen molar-refractivity contribution >= 4 is 17.5 Å². The Bertz CT molecular complexity index is 733. The van der Waals surface area contributed by atoms with Crippen molar-refractivity contribution in [3.05, 3.63) is 63.9 Å². The summed E-state index contributed by atoms with van der Waals surface area (Å²) in [6.07, 6.45) is 1.25. The Hall–Kier alpha value is -2.07. The molecular weight excluding hydrogens is 305 g/mol. The molecule has 0 heterocycles. The lowest BCUT2D eigenvalue weighted by molar-refractivity contribution is 0.0933. The molecule has 3 nitrogen and oxygen atoms in total. The third-order valence-corrected chi connectivity index (χ3v) is 4.13. The first-order chi connectivity index (χ1) is 10.6. The highest BCUT2D eigenvalue weighted by molar-refractivity contribution is 6.30. The molecule has 1 amide bonds. The first-order valence-corrected chi connectivity index (χ1v) is 7.39. The molecular formula is C17H15ClFNO2. The van der Waals surface area contributed by atoms with E-state index >= 15 is 0 Å². The summed E-state index contributed by atoms with van der Waals surface area (Å²) >= 11 is 5.92. The number of carbonyl (C=O) groups is 1. The standard InChI is InChI=1S/C17H15ClFNO2/c1-22-16-5-3-2-4-12(16)17(21)20-15-7-6-11-13(15)8-10(18)9-14(11)19/h2-5,8-9,15H,6-7H2,1H3,(H,20,21)/t15-/m1/s1. The van der Waals surface area contributed by atoms with Crippen molar-refractivity contribution in [3.63, 3.8) is 0 Å². The molecule has 0 fully saturated rings. The van der Waals surface area contributed by atoms with Gasteiger partial charge in [0.1, 0.15) is 11.6 Å². The van der Waals surface area contributed by atoms with Gasteiger partial charge in [-0.3, -0.25) is 4.79 Å². The number of carbonyl (C=O) groups excluding carboxylic acids is 1. The number of benzene rings is 2. The van der Waals surface area contributed by atoms with Crippen LogP contribution in [0.3, 0.4) is 0 Å². The predicted octanol–water partition coefficient (Wildman–Crippen LogP) is 3.91. The van der Waals surface area contributed by atoms with E-state index in [0.717, 1.165) is 5.56 Å². The third-order valence-electron chi connectivity index (χ3n) is 3.91. The number of methoxy groups -OCH3 is 1. The average Bonchev–Trinajstić information content (AvgIpc) is 2.90. The highest BCUT2D eigenvalue weighted by atomic mass is 35.5. The summed E-state index contributed by atoms with van der Waals surface area (Å²) in [5.74, 6) is -0.0391. The van der Waals surface area contributed by atoms with Crippen LogP contribution < -0.4 is 10.1 Å². The summed E-state index contributed by atoms with van der Waals surface area (Å²) < 4.78 is 19.1. The topological polar surface area (TPSA) is 38.3 Å². The highest BCUT2D eigenvalue weighted by Gasteiger charge is 2.27. The molecule has 0 unspecified atom stereocenters. The summed E-state index contributed by atoms with van der Waals surface area (Å²) in [7, 11) is 1.52. The fourth-order valence-electron chi connectivity index (χ4n) is 2.86. The first-order valence-electron chi connectivity index (χ1n) is 7.02. The fraction of sp³-hybridized carbons (Fsp3) is 0.235. The molecule has 0 saturated heterocycles. The van der Waals surface area contributed by atoms with E-state index in [1.54, 1.807) is 30.3 Å². The molecule has 0 aromatic heterocycles. The van der Waals surface area contributed by atoms with Gasteiger partial charge in [0.25, 0.3) is 5.91 Å². The van der Waals surface area contributed by atoms with E-state index in [1.807, 2.05) is 0 Å². The zero-order valence-electron chi connectivity index (χ0n) is 12.0. The number of hydrogen-bond donors (Lipinski definition) is 1. The van der Waals surface area contributed by atoms with E-state index in [-0.39, 0.29) is 17.8 Å². The maximum atomic E-state index is 13.9. The van der Waals surface area contributed by atoms with Gasteiger partial charge in [-0.2, -0.15) is 0 Å². The van der Waals surface area contributed by atoms with Crippen LogP contribution in [0.25, 0.3) is 0 Å². The van der Waals surface area contributed by atoms with Gasteiger partial charge in [-0.05, 0) is 48.2 Å². The van der Waals surface area contributed by atoms with Gasteiger partial charge in [-0.25, -0.2) is 4.39 Å². The molecule has 1 aliphatic rings. The van der Waals surface area contributed by atoms with Gasteiger partial charge < -0.3 is 10.1 Å². The maximum absolute atomic E-state index is 13.9. The number of amides is 1. The van der Waals surface area contributed by atoms with Crippen LogP contribution in [0.2, 0.25) is 5.02 Å². The van der Waals surface area contributed by atoms with E-state index in [2.05, 4.69) is 5.32 Å². The number of nitrogens with one attached hydrogen (secondary N) is 1. The van der Waals surface area contributed by atoms with Gasteiger partial charge >= 0.3 is 0 Å². The van der Waals surface area contributed by atoms with E-state index in [4.69, 9.17) is 16.3 Å². The zero-order valence-corrected chi connectivity index (χ0v) is 12.8. The van der Waals surface area contributed by atoms with Gasteiger partial charge in [-0.1, -0.05) is 23.7 Å². The van der Waals surface area contributed by atoms with E-state index < -0.39 is 0 Å². The summed E-state index contributed by atoms with van der Waals surface area (Å²) in [5.41, 5.74) is 1.85. The number of halogens is 2. The second-order valence-corrected chi connectivity index (χ2v) is 5.66. The van der Waals surface area contributed by atoms with Crippen molar-refractivity contribution in [3.8, 4) is 5.75 Å². The van der Waals surface area contributed by atoms with Crippen molar-refractivity contribution in [2.75, 3.05) is 7.11 Å². The summed E-state index contributed by atoms with van der Waals surface area (Å²) in [5, 5.41) is 3.28. The molecule has 2 aromatic rings. The van der Waals surface area contributed by atoms with Gasteiger partial charge in [0.05, 0.1) is 18.7 Å². The van der Waals surface area contributed by atoms with Crippen LogP contribution in [0.5, 0.6) is 5.75 Å². The zero-order chi connectivity index (χ0) is 15.7. The Labute approximate surface area is 133 Å². The number of hydrogen-bond acceptors (Lipinski definition) is 2. The lowest BCUT2D eigenvalue weighted by atomic mass is 10.1. The third kappa shape index (κ3) is 2.66. The van der Waals surface area contributed by atoms with Crippen molar-refractivity contribution in [2.45, 2.75) is 18.9 Å². The Morgan fingerprint density at radius 2 is 2.14 bits per heavy atom. The highest BCUT2D eigenvalue weighted by Crippen LogP contribution is 2.35. The second kappa shape index (κ2) is 5.97. The Balaban J connectivity index is 1.86. The Morgan fingerprint density at radius 3 is 2.91 bits per heavy atom. The molecule has 22 heavy (non-hydrogen) atoms. The molecule has 2 aromatic carbocycles. The SMILES string of the molecule is COc1ccccc1C(=O)N[C@@H]1CCc2c(F)cc(Cl)cc21. The smallest absolute Gasteiger partial charge is 0.255 e. The summed E-state index contributed by atoms with van der Waals surface area (Å²) in [6, 6.07) is 9.80. The van der Waals surface area contributed by atoms with Gasteiger partial charge in [0, 0.05) is 5.02 Å². The quantitative estimate of drug-likeness (QED) is 0.931. The molecule has 5 heteroatoms. The molecule has 1 atom stereocenters. The van der Waals surface area contributed by atoms with E-state index in [9.17, 15) is 9.18 Å². The molecule has 3 rings (SSSR count).